The van der Waals surface area contributed by atoms with E-state index in [1.54, 1.807) is 23.1 Å². The molecule has 1 fully saturated rings. The number of hydrogen-bond donors (Lipinski definition) is 0. The number of amides is 1. The Morgan fingerprint density at radius 2 is 1.47 bits per heavy atom. The third-order valence-electron chi connectivity index (χ3n) is 8.19. The van der Waals surface area contributed by atoms with Crippen LogP contribution in [0.3, 0.4) is 0 Å². The van der Waals surface area contributed by atoms with Crippen LogP contribution in [0.5, 0.6) is 5.75 Å². The van der Waals surface area contributed by atoms with E-state index in [4.69, 9.17) is 18.5 Å². The summed E-state index contributed by atoms with van der Waals surface area (Å²) in [5, 5.41) is 0.420. The van der Waals surface area contributed by atoms with Gasteiger partial charge in [-0.2, -0.15) is 0 Å². The van der Waals surface area contributed by atoms with Crippen LogP contribution in [-0.2, 0) is 25.0 Å². The molecule has 1 aliphatic rings. The van der Waals surface area contributed by atoms with Crippen molar-refractivity contribution >= 4 is 30.5 Å². The molecule has 0 N–H and O–H groups in total. The third kappa shape index (κ3) is 7.39. The average molecular weight is 678 g/mol. The number of halogens is 1. The molecule has 1 saturated heterocycles. The van der Waals surface area contributed by atoms with E-state index in [2.05, 4.69) is 0 Å². The SMILES string of the molecule is COP(=O)(OC)c1ccc(-c2ccc([C@@H]3[C@@H](/C=C/C(=O)c4ccc(F)cc4)OC(=O)N3c3ccccc3)c(OCc3ccccc3)c2)cc1. The van der Waals surface area contributed by atoms with E-state index >= 15 is 0 Å². The molecule has 6 rings (SSSR count). The van der Waals surface area contributed by atoms with Crippen molar-refractivity contribution in [3.05, 3.63) is 162 Å². The molecule has 0 aromatic heterocycles. The molecule has 248 valence electrons. The number of ketones is 1. The topological polar surface area (TPSA) is 91.4 Å². The fraction of sp³-hybridized carbons (Fsp3) is 0.128. The van der Waals surface area contributed by atoms with Gasteiger partial charge in [0.15, 0.2) is 5.78 Å². The first-order chi connectivity index (χ1) is 23.8. The number of nitrogens with zero attached hydrogens (tertiary/aromatic N) is 1. The van der Waals surface area contributed by atoms with Crippen molar-refractivity contribution in [3.8, 4) is 16.9 Å². The van der Waals surface area contributed by atoms with Gasteiger partial charge in [0.25, 0.3) is 0 Å². The molecule has 8 nitrogen and oxygen atoms in total. The van der Waals surface area contributed by atoms with Crippen LogP contribution in [0.1, 0.15) is 27.5 Å². The summed E-state index contributed by atoms with van der Waals surface area (Å²) in [4.78, 5) is 28.1. The van der Waals surface area contributed by atoms with E-state index in [0.717, 1.165) is 16.7 Å². The summed E-state index contributed by atoms with van der Waals surface area (Å²) < 4.78 is 49.0. The zero-order valence-corrected chi connectivity index (χ0v) is 27.7. The van der Waals surface area contributed by atoms with E-state index in [0.29, 0.717) is 27.9 Å². The lowest BCUT2D eigenvalue weighted by Crippen LogP contribution is -2.29. The molecule has 5 aromatic rings. The second kappa shape index (κ2) is 14.8. The summed E-state index contributed by atoms with van der Waals surface area (Å²) in [6, 6.07) is 36.0. The second-order valence-corrected chi connectivity index (χ2v) is 13.4. The van der Waals surface area contributed by atoms with Crippen LogP contribution in [-0.4, -0.2) is 32.2 Å². The number of carbonyl (C=O) groups excluding carboxylic acids is 2. The molecule has 0 saturated carbocycles. The molecule has 1 amide bonds. The molecule has 10 heteroatoms. The predicted molar refractivity (Wildman–Crippen MR) is 186 cm³/mol. The van der Waals surface area contributed by atoms with E-state index in [9.17, 15) is 18.5 Å². The van der Waals surface area contributed by atoms with Crippen LogP contribution >= 0.6 is 7.60 Å². The fourth-order valence-electron chi connectivity index (χ4n) is 5.65. The smallest absolute Gasteiger partial charge is 0.415 e. The number of rotatable bonds is 12. The monoisotopic (exact) mass is 677 g/mol. The number of para-hydroxylation sites is 1. The summed E-state index contributed by atoms with van der Waals surface area (Å²) in [7, 11) is -0.754. The maximum atomic E-state index is 13.5. The maximum Gasteiger partial charge on any atom is 0.415 e. The first-order valence-electron chi connectivity index (χ1n) is 15.5. The van der Waals surface area contributed by atoms with Gasteiger partial charge in [0.1, 0.15) is 30.3 Å². The largest absolute Gasteiger partial charge is 0.489 e. The molecule has 2 atom stereocenters. The van der Waals surface area contributed by atoms with E-state index in [-0.39, 0.29) is 12.4 Å². The number of ether oxygens (including phenoxy) is 2. The number of hydrogen-bond acceptors (Lipinski definition) is 7. The Hall–Kier alpha value is -5.34. The van der Waals surface area contributed by atoms with Crippen LogP contribution in [0.15, 0.2) is 140 Å². The average Bonchev–Trinajstić information content (AvgIpc) is 3.48. The van der Waals surface area contributed by atoms with Crippen LogP contribution in [0.4, 0.5) is 14.9 Å². The standard InChI is InChI=1S/C39H33FNO7P/c1-45-49(44,46-2)33-20-15-28(16-21-33)30-17-22-34(37(25-30)47-26-27-9-5-3-6-10-27)38-36(24-23-35(42)29-13-18-31(40)19-14-29)48-39(43)41(38)32-11-7-4-8-12-32/h3-25,36,38H,26H2,1-2H3/b24-23+/t36-,38-/m1/s1. The van der Waals surface area contributed by atoms with Gasteiger partial charge in [0.2, 0.25) is 0 Å². The van der Waals surface area contributed by atoms with Crippen LogP contribution < -0.4 is 14.9 Å². The lowest BCUT2D eigenvalue weighted by atomic mass is 9.95. The molecule has 1 aliphatic heterocycles. The molecular formula is C39H33FNO7P. The minimum Gasteiger partial charge on any atom is -0.489 e. The molecule has 5 aromatic carbocycles. The maximum absolute atomic E-state index is 13.5. The van der Waals surface area contributed by atoms with Crippen LogP contribution in [0, 0.1) is 5.82 Å². The Morgan fingerprint density at radius 1 is 0.837 bits per heavy atom. The highest BCUT2D eigenvalue weighted by atomic mass is 31.2. The zero-order chi connectivity index (χ0) is 34.4. The van der Waals surface area contributed by atoms with E-state index < -0.39 is 31.7 Å². The quantitative estimate of drug-likeness (QED) is 0.0741. The lowest BCUT2D eigenvalue weighted by molar-refractivity contribution is 0.104. The molecule has 0 radical (unpaired) electrons. The molecule has 0 unspecified atom stereocenters. The van der Waals surface area contributed by atoms with Gasteiger partial charge < -0.3 is 18.5 Å². The van der Waals surface area contributed by atoms with Crippen LogP contribution in [0.2, 0.25) is 0 Å². The minimum atomic E-state index is -3.43. The van der Waals surface area contributed by atoms with Crippen molar-refractivity contribution < 1.29 is 37.1 Å². The van der Waals surface area contributed by atoms with Gasteiger partial charge in [0, 0.05) is 31.0 Å². The third-order valence-corrected chi connectivity index (χ3v) is 10.1. The molecule has 49 heavy (non-hydrogen) atoms. The highest BCUT2D eigenvalue weighted by Gasteiger charge is 2.44. The van der Waals surface area contributed by atoms with Gasteiger partial charge in [-0.15, -0.1) is 0 Å². The Bertz CT molecular complexity index is 1990. The Kier molecular flexibility index (Phi) is 10.2. The van der Waals surface area contributed by atoms with Gasteiger partial charge in [0.05, 0.1) is 5.30 Å². The second-order valence-electron chi connectivity index (χ2n) is 11.2. The normalized spacial score (nSPS) is 16.1. The number of carbonyl (C=O) groups is 2. The molecule has 0 spiro atoms. The Balaban J connectivity index is 1.42. The summed E-state index contributed by atoms with van der Waals surface area (Å²) in [6.07, 6.45) is 1.42. The first-order valence-corrected chi connectivity index (χ1v) is 17.0. The summed E-state index contributed by atoms with van der Waals surface area (Å²) in [6.45, 7) is 0.248. The molecular weight excluding hydrogens is 644 g/mol. The zero-order valence-electron chi connectivity index (χ0n) is 26.8. The Morgan fingerprint density at radius 3 is 2.12 bits per heavy atom. The van der Waals surface area contributed by atoms with Crippen molar-refractivity contribution in [2.24, 2.45) is 0 Å². The number of cyclic esters (lactones) is 1. The molecule has 1 heterocycles. The van der Waals surface area contributed by atoms with Gasteiger partial charge in [-0.25, -0.2) is 9.18 Å². The Labute approximate surface area is 283 Å². The van der Waals surface area contributed by atoms with Gasteiger partial charge in [-0.1, -0.05) is 72.8 Å². The summed E-state index contributed by atoms with van der Waals surface area (Å²) >= 11 is 0. The first kappa shape index (κ1) is 33.6. The highest BCUT2D eigenvalue weighted by Crippen LogP contribution is 2.46. The summed E-state index contributed by atoms with van der Waals surface area (Å²) in [5.41, 5.74) is 4.12. The summed E-state index contributed by atoms with van der Waals surface area (Å²) in [5.74, 6) is -0.313. The highest BCUT2D eigenvalue weighted by molar-refractivity contribution is 7.62. The fourth-order valence-corrected chi connectivity index (χ4v) is 6.73. The van der Waals surface area contributed by atoms with Crippen LogP contribution in [0.25, 0.3) is 11.1 Å². The van der Waals surface area contributed by atoms with E-state index in [1.165, 1.54) is 44.6 Å². The van der Waals surface area contributed by atoms with Crippen molar-refractivity contribution in [2.75, 3.05) is 19.1 Å². The van der Waals surface area contributed by atoms with Gasteiger partial charge in [-0.3, -0.25) is 14.3 Å². The van der Waals surface area contributed by atoms with E-state index in [1.807, 2.05) is 91.0 Å². The van der Waals surface area contributed by atoms with Gasteiger partial charge in [-0.05, 0) is 83.4 Å². The number of benzene rings is 5. The molecule has 0 aliphatic carbocycles. The number of anilines is 1. The predicted octanol–water partition coefficient (Wildman–Crippen LogP) is 8.69. The lowest BCUT2D eigenvalue weighted by Gasteiger charge is -2.26. The van der Waals surface area contributed by atoms with Crippen molar-refractivity contribution in [2.45, 2.75) is 18.8 Å². The van der Waals surface area contributed by atoms with Crippen molar-refractivity contribution in [1.82, 2.24) is 0 Å². The van der Waals surface area contributed by atoms with Crippen molar-refractivity contribution in [3.63, 3.8) is 0 Å². The van der Waals surface area contributed by atoms with Gasteiger partial charge >= 0.3 is 13.7 Å². The van der Waals surface area contributed by atoms with Crippen molar-refractivity contribution in [1.29, 1.82) is 0 Å². The minimum absolute atomic E-state index is 0.248. The molecule has 0 bridgehead atoms. The number of allylic oxidation sites excluding steroid dienone is 1.